The van der Waals surface area contributed by atoms with E-state index < -0.39 is 17.8 Å². The van der Waals surface area contributed by atoms with Crippen LogP contribution in [0, 0.1) is 0 Å². The first-order valence-corrected chi connectivity index (χ1v) is 12.7. The maximum absolute atomic E-state index is 13.6. The fourth-order valence-electron chi connectivity index (χ4n) is 5.15. The van der Waals surface area contributed by atoms with Crippen molar-refractivity contribution >= 4 is 40.8 Å². The number of halogens is 4. The van der Waals surface area contributed by atoms with Gasteiger partial charge in [-0.25, -0.2) is 9.78 Å². The topological polar surface area (TPSA) is 85.9 Å². The van der Waals surface area contributed by atoms with Gasteiger partial charge in [-0.3, -0.25) is 4.90 Å². The van der Waals surface area contributed by atoms with Gasteiger partial charge in [0.15, 0.2) is 0 Å². The Labute approximate surface area is 217 Å². The number of likely N-dealkylation sites (tertiary alicyclic amines) is 1. The lowest BCUT2D eigenvalue weighted by Crippen LogP contribution is -2.44. The van der Waals surface area contributed by atoms with Crippen LogP contribution in [0.1, 0.15) is 24.8 Å². The largest absolute Gasteiger partial charge is 0.449 e. The van der Waals surface area contributed by atoms with E-state index in [-0.39, 0.29) is 18.3 Å². The van der Waals surface area contributed by atoms with E-state index in [1.54, 1.807) is 11.0 Å². The highest BCUT2D eigenvalue weighted by Gasteiger charge is 2.41. The summed E-state index contributed by atoms with van der Waals surface area (Å²) in [5, 5.41) is 6.12. The molecule has 13 heteroatoms. The van der Waals surface area contributed by atoms with Crippen molar-refractivity contribution in [3.63, 3.8) is 0 Å². The summed E-state index contributed by atoms with van der Waals surface area (Å²) in [6.07, 6.45) is -1.98. The van der Waals surface area contributed by atoms with Crippen LogP contribution in [0.2, 0.25) is 5.02 Å². The normalized spacial score (nSPS) is 21.9. The second-order valence-corrected chi connectivity index (χ2v) is 10.0. The molecule has 1 aromatic heterocycles. The van der Waals surface area contributed by atoms with Gasteiger partial charge in [-0.15, -0.1) is 0 Å². The first kappa shape index (κ1) is 25.7. The number of anilines is 4. The van der Waals surface area contributed by atoms with Gasteiger partial charge in [0.1, 0.15) is 11.4 Å². The molecule has 0 saturated carbocycles. The van der Waals surface area contributed by atoms with Crippen LogP contribution in [-0.2, 0) is 10.9 Å². The summed E-state index contributed by atoms with van der Waals surface area (Å²) in [4.78, 5) is 25.9. The molecule has 2 bridgehead atoms. The molecule has 0 unspecified atom stereocenters. The molecule has 1 amide bonds. The van der Waals surface area contributed by atoms with Crippen molar-refractivity contribution < 1.29 is 22.7 Å². The molecule has 37 heavy (non-hydrogen) atoms. The Bertz CT molecular complexity index is 1150. The summed E-state index contributed by atoms with van der Waals surface area (Å²) in [7, 11) is 2.14. The third kappa shape index (κ3) is 5.64. The number of carbonyl (C=O) groups excluding carboxylic acids is 1. The number of nitrogens with one attached hydrogen (secondary N) is 2. The van der Waals surface area contributed by atoms with Crippen molar-refractivity contribution in [2.75, 3.05) is 61.9 Å². The van der Waals surface area contributed by atoms with E-state index in [0.29, 0.717) is 48.9 Å². The second-order valence-electron chi connectivity index (χ2n) is 9.61. The van der Waals surface area contributed by atoms with E-state index >= 15 is 0 Å². The van der Waals surface area contributed by atoms with Gasteiger partial charge in [0.2, 0.25) is 5.95 Å². The molecule has 2 atom stereocenters. The lowest BCUT2D eigenvalue weighted by molar-refractivity contribution is -0.137. The van der Waals surface area contributed by atoms with Gasteiger partial charge >= 0.3 is 12.3 Å². The zero-order chi connectivity index (χ0) is 26.2. The molecule has 4 heterocycles. The lowest BCUT2D eigenvalue weighted by Gasteiger charge is -2.33. The number of alkyl halides is 3. The van der Waals surface area contributed by atoms with Crippen LogP contribution in [0.3, 0.4) is 0 Å². The Hall–Kier alpha value is -2.99. The van der Waals surface area contributed by atoms with Crippen molar-refractivity contribution in [3.05, 3.63) is 35.0 Å². The Morgan fingerprint density at radius 2 is 2.08 bits per heavy atom. The highest BCUT2D eigenvalue weighted by atomic mass is 35.5. The van der Waals surface area contributed by atoms with E-state index in [9.17, 15) is 18.0 Å². The Morgan fingerprint density at radius 3 is 2.76 bits per heavy atom. The molecule has 0 aliphatic carbocycles. The molecular weight excluding hydrogens is 511 g/mol. The number of cyclic esters (lactones) is 1. The van der Waals surface area contributed by atoms with Gasteiger partial charge in [-0.2, -0.15) is 18.2 Å². The van der Waals surface area contributed by atoms with Crippen LogP contribution in [0.5, 0.6) is 0 Å². The summed E-state index contributed by atoms with van der Waals surface area (Å²) in [6, 6.07) is 6.60. The van der Waals surface area contributed by atoms with Crippen molar-refractivity contribution in [1.29, 1.82) is 0 Å². The zero-order valence-electron chi connectivity index (χ0n) is 20.4. The van der Waals surface area contributed by atoms with Gasteiger partial charge in [-0.1, -0.05) is 11.6 Å². The monoisotopic (exact) mass is 539 g/mol. The van der Waals surface area contributed by atoms with Gasteiger partial charge in [0, 0.05) is 56.7 Å². The number of nitrogens with zero attached hydrogens (tertiary/aromatic N) is 5. The number of amides is 1. The molecule has 2 aromatic rings. The third-order valence-corrected chi connectivity index (χ3v) is 7.41. The average molecular weight is 540 g/mol. The Balaban J connectivity index is 1.25. The van der Waals surface area contributed by atoms with E-state index in [1.165, 1.54) is 0 Å². The molecule has 5 rings (SSSR count). The molecule has 200 valence electrons. The molecule has 3 saturated heterocycles. The number of aromatic nitrogens is 2. The first-order valence-electron chi connectivity index (χ1n) is 12.3. The molecule has 3 aliphatic heterocycles. The summed E-state index contributed by atoms with van der Waals surface area (Å²) in [5.74, 6) is -0.345. The van der Waals surface area contributed by atoms with Gasteiger partial charge in [-0.05, 0) is 44.5 Å². The number of hydrogen-bond donors (Lipinski definition) is 2. The molecule has 3 aliphatic rings. The van der Waals surface area contributed by atoms with Crippen LogP contribution in [0.4, 0.5) is 41.1 Å². The predicted molar refractivity (Wildman–Crippen MR) is 135 cm³/mol. The molecule has 3 fully saturated rings. The minimum absolute atomic E-state index is 0.00777. The van der Waals surface area contributed by atoms with Crippen molar-refractivity contribution in [1.82, 2.24) is 19.8 Å². The summed E-state index contributed by atoms with van der Waals surface area (Å²) < 4.78 is 45.7. The van der Waals surface area contributed by atoms with Crippen molar-refractivity contribution in [2.24, 2.45) is 0 Å². The van der Waals surface area contributed by atoms with Gasteiger partial charge < -0.3 is 25.2 Å². The van der Waals surface area contributed by atoms with E-state index in [2.05, 4.69) is 37.4 Å². The molecule has 1 aromatic carbocycles. The number of rotatable bonds is 8. The van der Waals surface area contributed by atoms with Gasteiger partial charge in [0.25, 0.3) is 0 Å². The number of piperazine rings is 1. The Morgan fingerprint density at radius 1 is 1.24 bits per heavy atom. The quantitative estimate of drug-likeness (QED) is 0.477. The molecule has 2 N–H and O–H groups in total. The van der Waals surface area contributed by atoms with Crippen LogP contribution < -0.4 is 15.5 Å². The van der Waals surface area contributed by atoms with Crippen LogP contribution in [-0.4, -0.2) is 84.3 Å². The maximum Gasteiger partial charge on any atom is 0.421 e. The third-order valence-electron chi connectivity index (χ3n) is 7.09. The van der Waals surface area contributed by atoms with E-state index in [4.69, 9.17) is 16.3 Å². The van der Waals surface area contributed by atoms with Crippen LogP contribution >= 0.6 is 11.6 Å². The second kappa shape index (κ2) is 10.4. The predicted octanol–water partition coefficient (Wildman–Crippen LogP) is 4.43. The van der Waals surface area contributed by atoms with Crippen molar-refractivity contribution in [2.45, 2.75) is 37.5 Å². The SMILES string of the molecule is CN1C[C@@H]2C[C@H]1CN2c1ccc(Nc2ncc(C(F)(F)F)c(NCCCN3CCCOC3=O)n2)c(Cl)c1. The number of hydrogen-bond acceptors (Lipinski definition) is 8. The number of likely N-dealkylation sites (N-methyl/N-ethyl adjacent to an activating group) is 1. The summed E-state index contributed by atoms with van der Waals surface area (Å²) in [5.41, 5.74) is 0.552. The molecule has 0 spiro atoms. The zero-order valence-corrected chi connectivity index (χ0v) is 21.1. The smallest absolute Gasteiger partial charge is 0.421 e. The van der Waals surface area contributed by atoms with E-state index in [0.717, 1.165) is 37.8 Å². The summed E-state index contributed by atoms with van der Waals surface area (Å²) >= 11 is 6.53. The molecule has 0 radical (unpaired) electrons. The minimum atomic E-state index is -4.62. The van der Waals surface area contributed by atoms with E-state index in [1.807, 2.05) is 12.1 Å². The standard InChI is InChI=1S/C24H29ClF3N7O2/c1-33-13-17-10-16(33)14-35(17)15-4-5-20(19(25)11-15)31-22-30-12-18(24(26,27)28)21(32-22)29-6-2-7-34-8-3-9-37-23(34)36/h4-5,11-12,16-17H,2-3,6-10,13-14H2,1H3,(H2,29,30,31,32)/t16-,17-/m0/s1. The van der Waals surface area contributed by atoms with Gasteiger partial charge in [0.05, 0.1) is 17.3 Å². The highest BCUT2D eigenvalue weighted by Crippen LogP contribution is 2.38. The lowest BCUT2D eigenvalue weighted by atomic mass is 10.2. The maximum atomic E-state index is 13.6. The number of fused-ring (bicyclic) bond motifs is 2. The minimum Gasteiger partial charge on any atom is -0.449 e. The number of ether oxygens (including phenoxy) is 1. The summed E-state index contributed by atoms with van der Waals surface area (Å²) in [6.45, 7) is 3.48. The number of carbonyl (C=O) groups is 1. The fraction of sp³-hybridized carbons (Fsp3) is 0.542. The fourth-order valence-corrected chi connectivity index (χ4v) is 5.37. The highest BCUT2D eigenvalue weighted by molar-refractivity contribution is 6.33. The number of benzene rings is 1. The Kier molecular flexibility index (Phi) is 7.21. The first-order chi connectivity index (χ1) is 17.7. The molecular formula is C24H29ClF3N7O2. The van der Waals surface area contributed by atoms with Crippen LogP contribution in [0.15, 0.2) is 24.4 Å². The van der Waals surface area contributed by atoms with Crippen LogP contribution in [0.25, 0.3) is 0 Å². The average Bonchev–Trinajstić information content (AvgIpc) is 3.43. The van der Waals surface area contributed by atoms with Crippen molar-refractivity contribution in [3.8, 4) is 0 Å². The molecule has 9 nitrogen and oxygen atoms in total.